The zero-order valence-corrected chi connectivity index (χ0v) is 18.0. The summed E-state index contributed by atoms with van der Waals surface area (Å²) in [6, 6.07) is 23.5. The van der Waals surface area contributed by atoms with E-state index in [1.54, 1.807) is 36.5 Å². The topological polar surface area (TPSA) is 66.9 Å². The van der Waals surface area contributed by atoms with E-state index in [1.165, 1.54) is 23.3 Å². The number of aromatic nitrogens is 2. The Kier molecular flexibility index (Phi) is 5.81. The summed E-state index contributed by atoms with van der Waals surface area (Å²) in [5.74, 6) is 0.599. The van der Waals surface area contributed by atoms with Crippen molar-refractivity contribution in [1.82, 2.24) is 15.3 Å². The molecule has 1 amide bonds. The molecule has 2 N–H and O–H groups in total. The molecule has 1 aliphatic rings. The Labute approximate surface area is 191 Å². The van der Waals surface area contributed by atoms with Crippen molar-refractivity contribution in [3.8, 4) is 11.4 Å². The molecule has 164 valence electrons. The van der Waals surface area contributed by atoms with Gasteiger partial charge < -0.3 is 10.6 Å². The Morgan fingerprint density at radius 1 is 0.970 bits per heavy atom. The third kappa shape index (κ3) is 4.75. The first kappa shape index (κ1) is 20.8. The van der Waals surface area contributed by atoms with Gasteiger partial charge in [-0.3, -0.25) is 4.79 Å². The van der Waals surface area contributed by atoms with E-state index in [-0.39, 0.29) is 17.8 Å². The van der Waals surface area contributed by atoms with Crippen LogP contribution in [0, 0.1) is 5.82 Å². The van der Waals surface area contributed by atoms with Crippen LogP contribution in [0.4, 0.5) is 15.9 Å². The second-order valence-corrected chi connectivity index (χ2v) is 8.10. The molecule has 1 atom stereocenters. The van der Waals surface area contributed by atoms with Gasteiger partial charge in [-0.1, -0.05) is 36.4 Å². The van der Waals surface area contributed by atoms with Gasteiger partial charge in [-0.05, 0) is 72.9 Å². The van der Waals surface area contributed by atoms with Gasteiger partial charge in [0.05, 0.1) is 6.04 Å². The van der Waals surface area contributed by atoms with E-state index in [9.17, 15) is 9.18 Å². The van der Waals surface area contributed by atoms with E-state index in [0.29, 0.717) is 22.8 Å². The number of rotatable bonds is 5. The number of halogens is 1. The maximum atomic E-state index is 13.5. The van der Waals surface area contributed by atoms with Gasteiger partial charge in [0.2, 0.25) is 0 Å². The summed E-state index contributed by atoms with van der Waals surface area (Å²) >= 11 is 0. The first-order valence-corrected chi connectivity index (χ1v) is 11.0. The summed E-state index contributed by atoms with van der Waals surface area (Å²) in [6.07, 6.45) is 4.71. The van der Waals surface area contributed by atoms with Crippen LogP contribution in [-0.4, -0.2) is 15.9 Å². The maximum absolute atomic E-state index is 13.5. The minimum atomic E-state index is -0.333. The monoisotopic (exact) mass is 438 g/mol. The van der Waals surface area contributed by atoms with Gasteiger partial charge in [0, 0.05) is 23.0 Å². The minimum Gasteiger partial charge on any atom is -0.345 e. The molecule has 0 saturated carbocycles. The third-order valence-corrected chi connectivity index (χ3v) is 5.83. The quantitative estimate of drug-likeness (QED) is 0.411. The Balaban J connectivity index is 1.27. The molecule has 5 nitrogen and oxygen atoms in total. The van der Waals surface area contributed by atoms with Crippen molar-refractivity contribution in [3.05, 3.63) is 108 Å². The lowest BCUT2D eigenvalue weighted by Crippen LogP contribution is -2.30. The number of carbonyl (C=O) groups is 1. The molecule has 0 saturated heterocycles. The van der Waals surface area contributed by atoms with Gasteiger partial charge >= 0.3 is 0 Å². The smallest absolute Gasteiger partial charge is 0.251 e. The number of nitrogens with zero attached hydrogens (tertiary/aromatic N) is 2. The van der Waals surface area contributed by atoms with Gasteiger partial charge in [-0.25, -0.2) is 14.4 Å². The normalized spacial score (nSPS) is 14.9. The Bertz CT molecular complexity index is 1290. The molecule has 0 fully saturated rings. The highest BCUT2D eigenvalue weighted by atomic mass is 19.1. The molecule has 0 bridgehead atoms. The molecule has 1 aromatic heterocycles. The second-order valence-electron chi connectivity index (χ2n) is 8.10. The zero-order valence-electron chi connectivity index (χ0n) is 18.0. The largest absolute Gasteiger partial charge is 0.345 e. The lowest BCUT2D eigenvalue weighted by atomic mass is 9.87. The van der Waals surface area contributed by atoms with Crippen molar-refractivity contribution >= 4 is 17.4 Å². The molecule has 0 spiro atoms. The van der Waals surface area contributed by atoms with Crippen LogP contribution in [0.15, 0.2) is 85.1 Å². The Morgan fingerprint density at radius 3 is 2.67 bits per heavy atom. The Morgan fingerprint density at radius 2 is 1.82 bits per heavy atom. The number of anilines is 2. The number of benzene rings is 3. The summed E-state index contributed by atoms with van der Waals surface area (Å²) in [4.78, 5) is 21.5. The van der Waals surface area contributed by atoms with Crippen LogP contribution in [0.1, 0.15) is 40.4 Å². The fraction of sp³-hybridized carbons (Fsp3) is 0.148. The van der Waals surface area contributed by atoms with Crippen LogP contribution in [-0.2, 0) is 6.42 Å². The fourth-order valence-corrected chi connectivity index (χ4v) is 4.19. The molecular formula is C27H23FN4O. The highest BCUT2D eigenvalue weighted by molar-refractivity contribution is 5.94. The predicted molar refractivity (Wildman–Crippen MR) is 127 cm³/mol. The summed E-state index contributed by atoms with van der Waals surface area (Å²) in [5.41, 5.74) is 4.53. The summed E-state index contributed by atoms with van der Waals surface area (Å²) in [6.45, 7) is 0. The number of amides is 1. The van der Waals surface area contributed by atoms with Crippen LogP contribution < -0.4 is 10.6 Å². The summed E-state index contributed by atoms with van der Waals surface area (Å²) < 4.78 is 13.5. The Hall–Kier alpha value is -4.06. The molecule has 1 heterocycles. The van der Waals surface area contributed by atoms with Crippen molar-refractivity contribution < 1.29 is 9.18 Å². The molecule has 33 heavy (non-hydrogen) atoms. The zero-order chi connectivity index (χ0) is 22.6. The molecule has 0 unspecified atom stereocenters. The minimum absolute atomic E-state index is 0.0440. The van der Waals surface area contributed by atoms with E-state index in [4.69, 9.17) is 0 Å². The molecule has 4 aromatic rings. The van der Waals surface area contributed by atoms with Crippen molar-refractivity contribution in [3.63, 3.8) is 0 Å². The van der Waals surface area contributed by atoms with Gasteiger partial charge in [0.25, 0.3) is 5.91 Å². The van der Waals surface area contributed by atoms with Gasteiger partial charge in [-0.2, -0.15) is 0 Å². The number of hydrogen-bond acceptors (Lipinski definition) is 4. The van der Waals surface area contributed by atoms with Crippen LogP contribution in [0.5, 0.6) is 0 Å². The van der Waals surface area contributed by atoms with Crippen LogP contribution in [0.2, 0.25) is 0 Å². The van der Waals surface area contributed by atoms with Crippen molar-refractivity contribution in [1.29, 1.82) is 0 Å². The van der Waals surface area contributed by atoms with Crippen molar-refractivity contribution in [2.75, 3.05) is 5.32 Å². The molecule has 6 heteroatoms. The lowest BCUT2D eigenvalue weighted by Gasteiger charge is -2.26. The number of fused-ring (bicyclic) bond motifs is 1. The molecule has 1 aliphatic carbocycles. The highest BCUT2D eigenvalue weighted by Crippen LogP contribution is 2.29. The SMILES string of the molecule is O=C(N[C@@H]1CCCc2ccccc21)c1ccc(Nc2ccnc(-c3cccc(F)c3)n2)cc1. The molecule has 3 aromatic carbocycles. The number of nitrogens with one attached hydrogen (secondary N) is 2. The fourth-order valence-electron chi connectivity index (χ4n) is 4.19. The standard InChI is InChI=1S/C27H23FN4O/c28-21-8-3-7-20(17-21)26-29-16-15-25(32-26)30-22-13-11-19(12-14-22)27(33)31-24-10-4-6-18-5-1-2-9-23(18)24/h1-3,5,7-9,11-17,24H,4,6,10H2,(H,31,33)(H,29,30,32)/t24-/m1/s1. The highest BCUT2D eigenvalue weighted by Gasteiger charge is 2.21. The average molecular weight is 439 g/mol. The molecular weight excluding hydrogens is 415 g/mol. The number of hydrogen-bond donors (Lipinski definition) is 2. The second kappa shape index (κ2) is 9.20. The van der Waals surface area contributed by atoms with Gasteiger partial charge in [0.1, 0.15) is 11.6 Å². The lowest BCUT2D eigenvalue weighted by molar-refractivity contribution is 0.0933. The molecule has 5 rings (SSSR count). The van der Waals surface area contributed by atoms with E-state index < -0.39 is 0 Å². The summed E-state index contributed by atoms with van der Waals surface area (Å²) in [5, 5.41) is 6.39. The van der Waals surface area contributed by atoms with Gasteiger partial charge in [0.15, 0.2) is 5.82 Å². The van der Waals surface area contributed by atoms with Crippen molar-refractivity contribution in [2.24, 2.45) is 0 Å². The van der Waals surface area contributed by atoms with E-state index in [2.05, 4.69) is 32.7 Å². The predicted octanol–water partition coefficient (Wildman–Crippen LogP) is 5.83. The first-order valence-electron chi connectivity index (χ1n) is 11.0. The first-order chi connectivity index (χ1) is 16.2. The number of carbonyl (C=O) groups excluding carboxylic acids is 1. The van der Waals surface area contributed by atoms with E-state index in [0.717, 1.165) is 24.9 Å². The van der Waals surface area contributed by atoms with E-state index >= 15 is 0 Å². The maximum Gasteiger partial charge on any atom is 0.251 e. The molecule has 0 radical (unpaired) electrons. The van der Waals surface area contributed by atoms with Crippen LogP contribution >= 0.6 is 0 Å². The third-order valence-electron chi connectivity index (χ3n) is 5.83. The summed E-state index contributed by atoms with van der Waals surface area (Å²) in [7, 11) is 0. The molecule has 0 aliphatic heterocycles. The average Bonchev–Trinajstić information content (AvgIpc) is 2.85. The van der Waals surface area contributed by atoms with Crippen LogP contribution in [0.3, 0.4) is 0 Å². The number of aryl methyl sites for hydroxylation is 1. The van der Waals surface area contributed by atoms with Crippen LogP contribution in [0.25, 0.3) is 11.4 Å². The van der Waals surface area contributed by atoms with Gasteiger partial charge in [-0.15, -0.1) is 0 Å². The van der Waals surface area contributed by atoms with E-state index in [1.807, 2.05) is 24.3 Å². The van der Waals surface area contributed by atoms with Crippen molar-refractivity contribution in [2.45, 2.75) is 25.3 Å².